The zero-order chi connectivity index (χ0) is 10.3. The molecule has 1 amide bonds. The predicted molar refractivity (Wildman–Crippen MR) is 49.1 cm³/mol. The van der Waals surface area contributed by atoms with E-state index in [0.29, 0.717) is 12.9 Å². The Labute approximate surface area is 78.4 Å². The Kier molecular flexibility index (Phi) is 6.14. The summed E-state index contributed by atoms with van der Waals surface area (Å²) in [6.45, 7) is 4.11. The number of carbonyl (C=O) groups is 2. The van der Waals surface area contributed by atoms with Crippen LogP contribution in [0.5, 0.6) is 0 Å². The highest BCUT2D eigenvalue weighted by Crippen LogP contribution is 2.05. The minimum Gasteiger partial charge on any atom is -0.370 e. The fourth-order valence-corrected chi connectivity index (χ4v) is 0.827. The van der Waals surface area contributed by atoms with Gasteiger partial charge >= 0.3 is 0 Å². The summed E-state index contributed by atoms with van der Waals surface area (Å²) in [5.41, 5.74) is 5.04. The van der Waals surface area contributed by atoms with Crippen molar-refractivity contribution in [2.45, 2.75) is 32.8 Å². The van der Waals surface area contributed by atoms with E-state index in [2.05, 4.69) is 0 Å². The quantitative estimate of drug-likeness (QED) is 0.466. The molecule has 0 aliphatic heterocycles. The van der Waals surface area contributed by atoms with Crippen molar-refractivity contribution in [2.24, 2.45) is 11.7 Å². The molecular weight excluding hydrogens is 170 g/mol. The van der Waals surface area contributed by atoms with Gasteiger partial charge in [-0.25, -0.2) is 0 Å². The van der Waals surface area contributed by atoms with E-state index in [1.807, 2.05) is 6.92 Å². The molecule has 0 aromatic heterocycles. The van der Waals surface area contributed by atoms with E-state index in [0.717, 1.165) is 12.8 Å². The summed E-state index contributed by atoms with van der Waals surface area (Å²) in [7, 11) is 0. The van der Waals surface area contributed by atoms with Gasteiger partial charge in [0, 0.05) is 6.61 Å². The van der Waals surface area contributed by atoms with Crippen molar-refractivity contribution in [3.63, 3.8) is 0 Å². The van der Waals surface area contributed by atoms with Crippen LogP contribution in [0, 0.1) is 5.92 Å². The highest BCUT2D eigenvalue weighted by Gasteiger charge is 2.21. The topological polar surface area (TPSA) is 69.4 Å². The normalized spacial score (nSPS) is 14.9. The number of unbranched alkanes of at least 4 members (excludes halogenated alkanes) is 1. The number of primary amides is 1. The maximum Gasteiger partial charge on any atom is 0.223 e. The standard InChI is InChI=1S/C9H17NO3/c1-3-4-5-13-8(6-11)7(2)9(10)12/h6-8H,3-5H2,1-2H3,(H2,10,12). The monoisotopic (exact) mass is 187 g/mol. The summed E-state index contributed by atoms with van der Waals surface area (Å²) < 4.78 is 5.19. The number of aldehydes is 1. The Morgan fingerprint density at radius 3 is 2.62 bits per heavy atom. The second-order valence-electron chi connectivity index (χ2n) is 3.02. The van der Waals surface area contributed by atoms with Crippen molar-refractivity contribution in [1.29, 1.82) is 0 Å². The molecule has 4 heteroatoms. The molecule has 0 spiro atoms. The van der Waals surface area contributed by atoms with Gasteiger partial charge in [-0.2, -0.15) is 0 Å². The number of hydrogen-bond acceptors (Lipinski definition) is 3. The first-order valence-corrected chi connectivity index (χ1v) is 4.49. The van der Waals surface area contributed by atoms with Crippen molar-refractivity contribution in [3.05, 3.63) is 0 Å². The van der Waals surface area contributed by atoms with Gasteiger partial charge < -0.3 is 15.3 Å². The van der Waals surface area contributed by atoms with Crippen LogP contribution in [0.1, 0.15) is 26.7 Å². The van der Waals surface area contributed by atoms with E-state index in [-0.39, 0.29) is 0 Å². The molecular formula is C9H17NO3. The van der Waals surface area contributed by atoms with Crippen molar-refractivity contribution in [3.8, 4) is 0 Å². The summed E-state index contributed by atoms with van der Waals surface area (Å²) >= 11 is 0. The third kappa shape index (κ3) is 4.62. The molecule has 0 saturated carbocycles. The van der Waals surface area contributed by atoms with E-state index in [4.69, 9.17) is 10.5 Å². The smallest absolute Gasteiger partial charge is 0.223 e. The van der Waals surface area contributed by atoms with Gasteiger partial charge in [0.05, 0.1) is 5.92 Å². The average Bonchev–Trinajstić information content (AvgIpc) is 2.11. The summed E-state index contributed by atoms with van der Waals surface area (Å²) in [5.74, 6) is -1.05. The minimum absolute atomic E-state index is 0.498. The van der Waals surface area contributed by atoms with E-state index < -0.39 is 17.9 Å². The first-order valence-electron chi connectivity index (χ1n) is 4.49. The summed E-state index contributed by atoms with van der Waals surface area (Å²) in [5, 5.41) is 0. The molecule has 76 valence electrons. The van der Waals surface area contributed by atoms with Gasteiger partial charge in [0.25, 0.3) is 0 Å². The third-order valence-corrected chi connectivity index (χ3v) is 1.88. The summed E-state index contributed by atoms with van der Waals surface area (Å²) in [6, 6.07) is 0. The Morgan fingerprint density at radius 1 is 1.62 bits per heavy atom. The van der Waals surface area contributed by atoms with Crippen LogP contribution in [-0.4, -0.2) is 24.9 Å². The molecule has 0 radical (unpaired) electrons. The maximum atomic E-state index is 10.7. The molecule has 0 fully saturated rings. The summed E-state index contributed by atoms with van der Waals surface area (Å²) in [6.07, 6.45) is 1.82. The van der Waals surface area contributed by atoms with E-state index in [9.17, 15) is 9.59 Å². The lowest BCUT2D eigenvalue weighted by molar-refractivity contribution is -0.133. The molecule has 4 nitrogen and oxygen atoms in total. The Bertz CT molecular complexity index is 170. The van der Waals surface area contributed by atoms with Gasteiger partial charge in [0.2, 0.25) is 5.91 Å². The van der Waals surface area contributed by atoms with Crippen molar-refractivity contribution in [2.75, 3.05) is 6.61 Å². The zero-order valence-electron chi connectivity index (χ0n) is 8.16. The lowest BCUT2D eigenvalue weighted by Crippen LogP contribution is -2.34. The van der Waals surface area contributed by atoms with Crippen LogP contribution in [0.4, 0.5) is 0 Å². The Balaban J connectivity index is 3.87. The van der Waals surface area contributed by atoms with Crippen molar-refractivity contribution >= 4 is 12.2 Å². The number of rotatable bonds is 7. The van der Waals surface area contributed by atoms with Crippen molar-refractivity contribution in [1.82, 2.24) is 0 Å². The molecule has 13 heavy (non-hydrogen) atoms. The molecule has 0 aliphatic rings. The lowest BCUT2D eigenvalue weighted by atomic mass is 10.1. The number of carbonyl (C=O) groups excluding carboxylic acids is 2. The van der Waals surface area contributed by atoms with Crippen LogP contribution in [0.15, 0.2) is 0 Å². The zero-order valence-corrected chi connectivity index (χ0v) is 8.16. The van der Waals surface area contributed by atoms with Crippen LogP contribution < -0.4 is 5.73 Å². The molecule has 0 aromatic carbocycles. The van der Waals surface area contributed by atoms with E-state index >= 15 is 0 Å². The second kappa shape index (κ2) is 6.60. The first-order chi connectivity index (χ1) is 6.13. The highest BCUT2D eigenvalue weighted by atomic mass is 16.5. The van der Waals surface area contributed by atoms with Crippen LogP contribution in [0.3, 0.4) is 0 Å². The second-order valence-corrected chi connectivity index (χ2v) is 3.02. The highest BCUT2D eigenvalue weighted by molar-refractivity contribution is 5.80. The fraction of sp³-hybridized carbons (Fsp3) is 0.778. The fourth-order valence-electron chi connectivity index (χ4n) is 0.827. The van der Waals surface area contributed by atoms with E-state index in [1.165, 1.54) is 0 Å². The van der Waals surface area contributed by atoms with Gasteiger partial charge in [-0.1, -0.05) is 20.3 Å². The van der Waals surface area contributed by atoms with Crippen LogP contribution in [0.25, 0.3) is 0 Å². The first kappa shape index (κ1) is 12.1. The van der Waals surface area contributed by atoms with Gasteiger partial charge in [-0.05, 0) is 6.42 Å². The SMILES string of the molecule is CCCCOC(C=O)C(C)C(N)=O. The number of amides is 1. The summed E-state index contributed by atoms with van der Waals surface area (Å²) in [4.78, 5) is 21.2. The Morgan fingerprint density at radius 2 is 2.23 bits per heavy atom. The molecule has 0 heterocycles. The molecule has 0 aromatic rings. The lowest BCUT2D eigenvalue weighted by Gasteiger charge is -2.15. The largest absolute Gasteiger partial charge is 0.370 e. The average molecular weight is 187 g/mol. The minimum atomic E-state index is -0.691. The van der Waals surface area contributed by atoms with Gasteiger partial charge in [0.15, 0.2) is 0 Å². The Hall–Kier alpha value is -0.900. The van der Waals surface area contributed by atoms with Crippen molar-refractivity contribution < 1.29 is 14.3 Å². The third-order valence-electron chi connectivity index (χ3n) is 1.88. The molecule has 2 unspecified atom stereocenters. The number of nitrogens with two attached hydrogens (primary N) is 1. The maximum absolute atomic E-state index is 10.7. The van der Waals surface area contributed by atoms with Gasteiger partial charge in [0.1, 0.15) is 12.4 Å². The van der Waals surface area contributed by atoms with Crippen LogP contribution in [-0.2, 0) is 14.3 Å². The molecule has 2 atom stereocenters. The number of ether oxygens (including phenoxy) is 1. The van der Waals surface area contributed by atoms with Gasteiger partial charge in [-0.3, -0.25) is 4.79 Å². The van der Waals surface area contributed by atoms with Crippen LogP contribution in [0.2, 0.25) is 0 Å². The molecule has 0 aliphatic carbocycles. The van der Waals surface area contributed by atoms with Crippen LogP contribution >= 0.6 is 0 Å². The molecule has 0 rings (SSSR count). The molecule has 2 N–H and O–H groups in total. The van der Waals surface area contributed by atoms with Gasteiger partial charge in [-0.15, -0.1) is 0 Å². The molecule has 0 saturated heterocycles. The molecule has 0 bridgehead atoms. The van der Waals surface area contributed by atoms with E-state index in [1.54, 1.807) is 6.92 Å². The predicted octanol–water partition coefficient (Wildman–Crippen LogP) is 0.492. The number of hydrogen-bond donors (Lipinski definition) is 1.